The largest absolute Gasteiger partial charge is 0.298 e. The van der Waals surface area contributed by atoms with Gasteiger partial charge in [-0.1, -0.05) is 24.6 Å². The van der Waals surface area contributed by atoms with Crippen molar-refractivity contribution >= 4 is 6.29 Å². The van der Waals surface area contributed by atoms with Crippen molar-refractivity contribution in [3.05, 3.63) is 23.3 Å². The van der Waals surface area contributed by atoms with Crippen molar-refractivity contribution in [1.29, 1.82) is 0 Å². The van der Waals surface area contributed by atoms with Crippen molar-refractivity contribution in [2.45, 2.75) is 33.6 Å². The van der Waals surface area contributed by atoms with E-state index in [1.807, 2.05) is 6.92 Å². The van der Waals surface area contributed by atoms with Gasteiger partial charge < -0.3 is 0 Å². The summed E-state index contributed by atoms with van der Waals surface area (Å²) in [6, 6.07) is 0. The molecule has 1 heteroatoms. The second-order valence-electron chi connectivity index (χ2n) is 4.10. The Bertz CT molecular complexity index is 248. The highest BCUT2D eigenvalue weighted by molar-refractivity contribution is 5.72. The van der Waals surface area contributed by atoms with Gasteiger partial charge >= 0.3 is 0 Å². The Morgan fingerprint density at radius 2 is 2.31 bits per heavy atom. The fraction of sp³-hybridized carbons (Fsp3) is 0.583. The van der Waals surface area contributed by atoms with E-state index in [1.54, 1.807) is 0 Å². The molecule has 0 saturated heterocycles. The molecule has 2 atom stereocenters. The Hall–Kier alpha value is -0.850. The first-order valence-electron chi connectivity index (χ1n) is 4.94. The number of hydrogen-bond donors (Lipinski definition) is 0. The fourth-order valence-electron chi connectivity index (χ4n) is 1.93. The number of allylic oxidation sites excluding steroid dienone is 4. The summed E-state index contributed by atoms with van der Waals surface area (Å²) in [4.78, 5) is 10.5. The van der Waals surface area contributed by atoms with Crippen molar-refractivity contribution in [3.63, 3.8) is 0 Å². The first-order valence-corrected chi connectivity index (χ1v) is 4.94. The minimum Gasteiger partial charge on any atom is -0.298 e. The second-order valence-corrected chi connectivity index (χ2v) is 4.10. The summed E-state index contributed by atoms with van der Waals surface area (Å²) in [6.07, 6.45) is 7.74. The van der Waals surface area contributed by atoms with Crippen molar-refractivity contribution in [2.24, 2.45) is 11.8 Å². The van der Waals surface area contributed by atoms with Crippen LogP contribution in [0, 0.1) is 11.8 Å². The first-order chi connectivity index (χ1) is 6.13. The molecule has 1 nitrogen and oxygen atoms in total. The van der Waals surface area contributed by atoms with Crippen LogP contribution in [-0.4, -0.2) is 6.29 Å². The average Bonchev–Trinajstić information content (AvgIpc) is 2.09. The monoisotopic (exact) mass is 178 g/mol. The molecule has 0 aliphatic heterocycles. The molecule has 0 N–H and O–H groups in total. The van der Waals surface area contributed by atoms with E-state index in [9.17, 15) is 4.79 Å². The molecular weight excluding hydrogens is 160 g/mol. The third-order valence-electron chi connectivity index (χ3n) is 2.76. The molecule has 13 heavy (non-hydrogen) atoms. The Balaban J connectivity index is 2.69. The Morgan fingerprint density at radius 3 is 2.85 bits per heavy atom. The molecule has 0 aromatic rings. The van der Waals surface area contributed by atoms with Crippen LogP contribution in [0.5, 0.6) is 0 Å². The van der Waals surface area contributed by atoms with Crippen LogP contribution in [0.25, 0.3) is 0 Å². The van der Waals surface area contributed by atoms with Gasteiger partial charge in [0, 0.05) is 0 Å². The standard InChI is InChI=1S/C12H18O/c1-9-4-5-12(11(3)6-9)7-10(2)8-13/h6-8,11-12H,4-5H2,1-3H3. The molecule has 0 heterocycles. The quantitative estimate of drug-likeness (QED) is 0.361. The van der Waals surface area contributed by atoms with Crippen molar-refractivity contribution in [2.75, 3.05) is 0 Å². The first kappa shape index (κ1) is 10.2. The van der Waals surface area contributed by atoms with E-state index in [-0.39, 0.29) is 0 Å². The molecule has 72 valence electrons. The van der Waals surface area contributed by atoms with Gasteiger partial charge in [-0.2, -0.15) is 0 Å². The maximum atomic E-state index is 10.5. The SMILES string of the molecule is CC(C=O)=CC1CCC(C)=CC1C. The molecule has 0 aromatic carbocycles. The number of aldehydes is 1. The van der Waals surface area contributed by atoms with E-state index in [2.05, 4.69) is 26.0 Å². The van der Waals surface area contributed by atoms with Crippen LogP contribution in [0.1, 0.15) is 33.6 Å². The highest BCUT2D eigenvalue weighted by Gasteiger charge is 2.17. The number of carbonyl (C=O) groups excluding carboxylic acids is 1. The van der Waals surface area contributed by atoms with Crippen LogP contribution in [0.4, 0.5) is 0 Å². The van der Waals surface area contributed by atoms with Crippen LogP contribution in [-0.2, 0) is 4.79 Å². The lowest BCUT2D eigenvalue weighted by Crippen LogP contribution is -2.12. The maximum Gasteiger partial charge on any atom is 0.145 e. The lowest BCUT2D eigenvalue weighted by molar-refractivity contribution is -0.104. The summed E-state index contributed by atoms with van der Waals surface area (Å²) in [5.74, 6) is 1.15. The molecule has 0 aromatic heterocycles. The van der Waals surface area contributed by atoms with Gasteiger partial charge in [0.25, 0.3) is 0 Å². The van der Waals surface area contributed by atoms with Crippen LogP contribution in [0.2, 0.25) is 0 Å². The highest BCUT2D eigenvalue weighted by atomic mass is 16.1. The Labute approximate surface area is 80.5 Å². The van der Waals surface area contributed by atoms with Gasteiger partial charge in [-0.25, -0.2) is 0 Å². The third kappa shape index (κ3) is 2.83. The molecule has 0 saturated carbocycles. The second kappa shape index (κ2) is 4.40. The summed E-state index contributed by atoms with van der Waals surface area (Å²) < 4.78 is 0. The predicted molar refractivity (Wildman–Crippen MR) is 55.5 cm³/mol. The lowest BCUT2D eigenvalue weighted by atomic mass is 9.81. The smallest absolute Gasteiger partial charge is 0.145 e. The van der Waals surface area contributed by atoms with E-state index >= 15 is 0 Å². The van der Waals surface area contributed by atoms with Crippen molar-refractivity contribution in [3.8, 4) is 0 Å². The molecular formula is C12H18O. The molecule has 0 spiro atoms. The summed E-state index contributed by atoms with van der Waals surface area (Å²) in [6.45, 7) is 6.29. The zero-order valence-electron chi connectivity index (χ0n) is 8.71. The lowest BCUT2D eigenvalue weighted by Gasteiger charge is -2.24. The Morgan fingerprint density at radius 1 is 1.62 bits per heavy atom. The molecule has 0 fully saturated rings. The van der Waals surface area contributed by atoms with E-state index < -0.39 is 0 Å². The summed E-state index contributed by atoms with van der Waals surface area (Å²) in [7, 11) is 0. The fourth-order valence-corrected chi connectivity index (χ4v) is 1.93. The summed E-state index contributed by atoms with van der Waals surface area (Å²) >= 11 is 0. The minimum absolute atomic E-state index is 0.564. The molecule has 0 bridgehead atoms. The van der Waals surface area contributed by atoms with Crippen molar-refractivity contribution < 1.29 is 4.79 Å². The number of hydrogen-bond acceptors (Lipinski definition) is 1. The third-order valence-corrected chi connectivity index (χ3v) is 2.76. The van der Waals surface area contributed by atoms with Gasteiger partial charge in [-0.05, 0) is 44.1 Å². The maximum absolute atomic E-state index is 10.5. The van der Waals surface area contributed by atoms with Gasteiger partial charge in [0.1, 0.15) is 6.29 Å². The predicted octanol–water partition coefficient (Wildman–Crippen LogP) is 3.12. The molecule has 1 rings (SSSR count). The molecule has 1 aliphatic rings. The number of carbonyl (C=O) groups is 1. The van der Waals surface area contributed by atoms with Crippen molar-refractivity contribution in [1.82, 2.24) is 0 Å². The van der Waals surface area contributed by atoms with Crippen LogP contribution >= 0.6 is 0 Å². The zero-order valence-corrected chi connectivity index (χ0v) is 8.71. The summed E-state index contributed by atoms with van der Waals surface area (Å²) in [5, 5.41) is 0. The van der Waals surface area contributed by atoms with Crippen LogP contribution in [0.15, 0.2) is 23.3 Å². The van der Waals surface area contributed by atoms with E-state index in [4.69, 9.17) is 0 Å². The molecule has 1 aliphatic carbocycles. The molecule has 0 amide bonds. The van der Waals surface area contributed by atoms with Gasteiger partial charge in [0.2, 0.25) is 0 Å². The van der Waals surface area contributed by atoms with Crippen LogP contribution < -0.4 is 0 Å². The van der Waals surface area contributed by atoms with Crippen LogP contribution in [0.3, 0.4) is 0 Å². The number of rotatable bonds is 2. The van der Waals surface area contributed by atoms with Gasteiger partial charge in [0.05, 0.1) is 0 Å². The zero-order chi connectivity index (χ0) is 9.84. The van der Waals surface area contributed by atoms with Gasteiger partial charge in [0.15, 0.2) is 0 Å². The van der Waals surface area contributed by atoms with E-state index in [1.165, 1.54) is 18.4 Å². The molecule has 0 radical (unpaired) electrons. The average molecular weight is 178 g/mol. The highest BCUT2D eigenvalue weighted by Crippen LogP contribution is 2.29. The van der Waals surface area contributed by atoms with E-state index in [0.29, 0.717) is 11.8 Å². The minimum atomic E-state index is 0.564. The Kier molecular flexibility index (Phi) is 3.47. The van der Waals surface area contributed by atoms with E-state index in [0.717, 1.165) is 11.9 Å². The summed E-state index contributed by atoms with van der Waals surface area (Å²) in [5.41, 5.74) is 2.35. The topological polar surface area (TPSA) is 17.1 Å². The normalized spacial score (nSPS) is 29.8. The van der Waals surface area contributed by atoms with Gasteiger partial charge in [-0.15, -0.1) is 0 Å². The molecule has 2 unspecified atom stereocenters. The van der Waals surface area contributed by atoms with Gasteiger partial charge in [-0.3, -0.25) is 4.79 Å².